The summed E-state index contributed by atoms with van der Waals surface area (Å²) in [5.41, 5.74) is 5.84. The van der Waals surface area contributed by atoms with E-state index in [9.17, 15) is 4.79 Å². The molecule has 1 rings (SSSR count). The Bertz CT molecular complexity index is 444. The molecule has 0 radical (unpaired) electrons. The van der Waals surface area contributed by atoms with Gasteiger partial charge in [0.15, 0.2) is 5.13 Å². The van der Waals surface area contributed by atoms with Crippen LogP contribution in [0.4, 0.5) is 10.9 Å². The summed E-state index contributed by atoms with van der Waals surface area (Å²) in [4.78, 5) is 18.9. The zero-order valence-corrected chi connectivity index (χ0v) is 13.9. The van der Waals surface area contributed by atoms with Crippen LogP contribution in [0.3, 0.4) is 0 Å². The van der Waals surface area contributed by atoms with Crippen LogP contribution < -0.4 is 16.0 Å². The first kappa shape index (κ1) is 16.8. The van der Waals surface area contributed by atoms with Crippen molar-refractivity contribution >= 4 is 28.2 Å². The Morgan fingerprint density at radius 2 is 2.05 bits per heavy atom. The molecule has 0 bridgehead atoms. The summed E-state index contributed by atoms with van der Waals surface area (Å²) < 4.78 is 0. The molecular formula is C14H26N4OS. The first-order valence-corrected chi connectivity index (χ1v) is 7.95. The largest absolute Gasteiger partial charge is 0.382 e. The second-order valence-electron chi connectivity index (χ2n) is 5.57. The smallest absolute Gasteiger partial charge is 0.265 e. The average Bonchev–Trinajstić information content (AvgIpc) is 2.77. The van der Waals surface area contributed by atoms with Gasteiger partial charge in [-0.2, -0.15) is 0 Å². The molecule has 0 saturated carbocycles. The number of aromatic nitrogens is 1. The molecule has 1 aromatic heterocycles. The van der Waals surface area contributed by atoms with Crippen LogP contribution in [0.5, 0.6) is 0 Å². The van der Waals surface area contributed by atoms with Gasteiger partial charge in [-0.05, 0) is 32.6 Å². The molecule has 1 aromatic rings. The number of nitrogens with one attached hydrogen (secondary N) is 1. The van der Waals surface area contributed by atoms with E-state index in [0.717, 1.165) is 24.5 Å². The Balaban J connectivity index is 2.65. The third kappa shape index (κ3) is 4.67. The molecule has 0 aromatic carbocycles. The minimum absolute atomic E-state index is 0.119. The molecule has 1 amide bonds. The number of thiazole rings is 1. The van der Waals surface area contributed by atoms with Gasteiger partial charge in [0, 0.05) is 19.6 Å². The summed E-state index contributed by atoms with van der Waals surface area (Å²) in [6.07, 6.45) is 2.08. The lowest BCUT2D eigenvalue weighted by atomic mass is 10.0. The average molecular weight is 298 g/mol. The summed E-state index contributed by atoms with van der Waals surface area (Å²) in [5.74, 6) is 0.846. The van der Waals surface area contributed by atoms with Gasteiger partial charge in [0.05, 0.1) is 0 Å². The van der Waals surface area contributed by atoms with E-state index >= 15 is 0 Å². The molecule has 0 aliphatic heterocycles. The predicted molar refractivity (Wildman–Crippen MR) is 86.5 cm³/mol. The number of anilines is 2. The van der Waals surface area contributed by atoms with Crippen LogP contribution in [-0.4, -0.2) is 30.5 Å². The van der Waals surface area contributed by atoms with Crippen molar-refractivity contribution in [3.8, 4) is 0 Å². The second kappa shape index (κ2) is 7.47. The number of amides is 1. The number of hydrogen-bond acceptors (Lipinski definition) is 5. The van der Waals surface area contributed by atoms with Crippen molar-refractivity contribution in [2.45, 2.75) is 46.6 Å². The molecule has 1 atom stereocenters. The van der Waals surface area contributed by atoms with E-state index in [1.165, 1.54) is 11.3 Å². The molecule has 1 heterocycles. The van der Waals surface area contributed by atoms with Crippen LogP contribution in [0, 0.1) is 5.92 Å². The Labute approximate surface area is 125 Å². The van der Waals surface area contributed by atoms with Gasteiger partial charge in [-0.25, -0.2) is 4.98 Å². The van der Waals surface area contributed by atoms with Crippen molar-refractivity contribution in [2.24, 2.45) is 5.92 Å². The maximum atomic E-state index is 12.2. The molecule has 114 valence electrons. The lowest BCUT2D eigenvalue weighted by molar-refractivity contribution is 0.0942. The minimum Gasteiger partial charge on any atom is -0.382 e. The Hall–Kier alpha value is -1.30. The van der Waals surface area contributed by atoms with Gasteiger partial charge in [0.25, 0.3) is 5.91 Å². The van der Waals surface area contributed by atoms with Gasteiger partial charge in [0.2, 0.25) is 0 Å². The molecule has 1 unspecified atom stereocenters. The summed E-state index contributed by atoms with van der Waals surface area (Å²) >= 11 is 1.34. The van der Waals surface area contributed by atoms with Crippen molar-refractivity contribution in [3.05, 3.63) is 4.88 Å². The number of hydrogen-bond donors (Lipinski definition) is 2. The van der Waals surface area contributed by atoms with Gasteiger partial charge < -0.3 is 16.0 Å². The van der Waals surface area contributed by atoms with Crippen LogP contribution in [0.1, 0.15) is 50.2 Å². The van der Waals surface area contributed by atoms with Gasteiger partial charge in [-0.3, -0.25) is 4.79 Å². The number of nitrogens with zero attached hydrogens (tertiary/aromatic N) is 2. The lowest BCUT2D eigenvalue weighted by Crippen LogP contribution is -2.32. The molecule has 6 heteroatoms. The highest BCUT2D eigenvalue weighted by Gasteiger charge is 2.19. The van der Waals surface area contributed by atoms with Crippen LogP contribution >= 0.6 is 11.3 Å². The molecule has 20 heavy (non-hydrogen) atoms. The van der Waals surface area contributed by atoms with E-state index in [-0.39, 0.29) is 11.9 Å². The second-order valence-corrected chi connectivity index (χ2v) is 6.55. The van der Waals surface area contributed by atoms with Gasteiger partial charge in [-0.1, -0.05) is 25.2 Å². The fourth-order valence-electron chi connectivity index (χ4n) is 1.73. The highest BCUT2D eigenvalue weighted by Crippen LogP contribution is 2.27. The predicted octanol–water partition coefficient (Wildman–Crippen LogP) is 2.74. The monoisotopic (exact) mass is 298 g/mol. The van der Waals surface area contributed by atoms with Crippen molar-refractivity contribution in [1.29, 1.82) is 0 Å². The van der Waals surface area contributed by atoms with Gasteiger partial charge in [-0.15, -0.1) is 0 Å². The number of carbonyl (C=O) groups is 1. The third-order valence-electron chi connectivity index (χ3n) is 3.20. The van der Waals surface area contributed by atoms with Crippen molar-refractivity contribution in [3.63, 3.8) is 0 Å². The van der Waals surface area contributed by atoms with Crippen molar-refractivity contribution in [1.82, 2.24) is 10.3 Å². The molecule has 0 saturated heterocycles. The molecule has 0 spiro atoms. The SMILES string of the molecule is CCN(C)c1nc(N)c(C(=O)NC(C)CCC(C)C)s1. The fourth-order valence-corrected chi connectivity index (χ4v) is 2.64. The van der Waals surface area contributed by atoms with Gasteiger partial charge >= 0.3 is 0 Å². The molecule has 0 fully saturated rings. The van der Waals surface area contributed by atoms with E-state index in [1.807, 2.05) is 25.8 Å². The molecular weight excluding hydrogens is 272 g/mol. The Morgan fingerprint density at radius 1 is 1.40 bits per heavy atom. The zero-order chi connectivity index (χ0) is 15.3. The van der Waals surface area contributed by atoms with E-state index in [4.69, 9.17) is 5.73 Å². The number of carbonyl (C=O) groups excluding carboxylic acids is 1. The van der Waals surface area contributed by atoms with Crippen LogP contribution in [0.25, 0.3) is 0 Å². The van der Waals surface area contributed by atoms with Crippen LogP contribution in [0.2, 0.25) is 0 Å². The van der Waals surface area contributed by atoms with Crippen LogP contribution in [-0.2, 0) is 0 Å². The normalized spacial score (nSPS) is 12.5. The molecule has 0 aliphatic carbocycles. The molecule has 0 aliphatic rings. The Morgan fingerprint density at radius 3 is 2.60 bits per heavy atom. The highest BCUT2D eigenvalue weighted by atomic mass is 32.1. The number of nitrogens with two attached hydrogens (primary N) is 1. The van der Waals surface area contributed by atoms with Gasteiger partial charge in [0.1, 0.15) is 10.7 Å². The molecule has 3 N–H and O–H groups in total. The highest BCUT2D eigenvalue weighted by molar-refractivity contribution is 7.18. The minimum atomic E-state index is -0.119. The fraction of sp³-hybridized carbons (Fsp3) is 0.714. The van der Waals surface area contributed by atoms with E-state index in [2.05, 4.69) is 24.1 Å². The lowest BCUT2D eigenvalue weighted by Gasteiger charge is -2.14. The standard InChI is InChI=1S/C14H26N4OS/c1-6-18(5)14-17-12(15)11(20-14)13(19)16-10(4)8-7-9(2)3/h9-10H,6-8,15H2,1-5H3,(H,16,19). The van der Waals surface area contributed by atoms with Crippen LogP contribution in [0.15, 0.2) is 0 Å². The summed E-state index contributed by atoms with van der Waals surface area (Å²) in [7, 11) is 1.94. The zero-order valence-electron chi connectivity index (χ0n) is 13.1. The van der Waals surface area contributed by atoms with E-state index in [1.54, 1.807) is 0 Å². The topological polar surface area (TPSA) is 71.2 Å². The first-order chi connectivity index (χ1) is 9.35. The summed E-state index contributed by atoms with van der Waals surface area (Å²) in [5, 5.41) is 3.78. The Kier molecular flexibility index (Phi) is 6.26. The van der Waals surface area contributed by atoms with E-state index < -0.39 is 0 Å². The molecule has 5 nitrogen and oxygen atoms in total. The summed E-state index contributed by atoms with van der Waals surface area (Å²) in [6.45, 7) is 9.26. The number of rotatable bonds is 7. The van der Waals surface area contributed by atoms with E-state index in [0.29, 0.717) is 16.6 Å². The maximum Gasteiger partial charge on any atom is 0.265 e. The quantitative estimate of drug-likeness (QED) is 0.812. The first-order valence-electron chi connectivity index (χ1n) is 7.13. The number of nitrogen functional groups attached to an aromatic ring is 1. The summed E-state index contributed by atoms with van der Waals surface area (Å²) in [6, 6.07) is 0.152. The van der Waals surface area contributed by atoms with Crippen molar-refractivity contribution in [2.75, 3.05) is 24.2 Å². The maximum absolute atomic E-state index is 12.2. The third-order valence-corrected chi connectivity index (χ3v) is 4.39. The van der Waals surface area contributed by atoms with Crippen molar-refractivity contribution < 1.29 is 4.79 Å².